The molecular weight excluding hydrogens is 362 g/mol. The first-order valence-corrected chi connectivity index (χ1v) is 9.02. The number of methoxy groups -OCH3 is 1. The van der Waals surface area contributed by atoms with Crippen LogP contribution in [0.1, 0.15) is 10.4 Å². The number of H-pyrrole nitrogens is 1. The smallest absolute Gasteiger partial charge is 0.339 e. The summed E-state index contributed by atoms with van der Waals surface area (Å²) in [7, 11) is 1.28. The maximum Gasteiger partial charge on any atom is 0.339 e. The van der Waals surface area contributed by atoms with E-state index in [4.69, 9.17) is 4.74 Å². The number of thioether (sulfide) groups is 1. The average Bonchev–Trinajstić information content (AvgIpc) is 3.09. The number of amides is 1. The molecule has 3 rings (SSSR count). The highest BCUT2D eigenvalue weighted by molar-refractivity contribution is 7.99. The molecule has 0 saturated carbocycles. The molecule has 0 spiro atoms. The third-order valence-corrected chi connectivity index (χ3v) is 4.94. The minimum absolute atomic E-state index is 0.0370. The van der Waals surface area contributed by atoms with Crippen molar-refractivity contribution in [3.8, 4) is 0 Å². The number of nitrogens with one attached hydrogen (secondary N) is 2. The molecule has 128 valence electrons. The highest BCUT2D eigenvalue weighted by Crippen LogP contribution is 2.20. The van der Waals surface area contributed by atoms with Gasteiger partial charge >= 0.3 is 5.97 Å². The van der Waals surface area contributed by atoms with Crippen LogP contribution in [-0.4, -0.2) is 34.7 Å². The SMILES string of the molecule is COC(=O)c1ccccc1NC(=O)CSc1nc2sccc2c(=O)[nH]1. The van der Waals surface area contributed by atoms with Gasteiger partial charge in [0, 0.05) is 0 Å². The number of nitrogens with zero attached hydrogens (tertiary/aromatic N) is 1. The van der Waals surface area contributed by atoms with Gasteiger partial charge in [0.05, 0.1) is 29.5 Å². The van der Waals surface area contributed by atoms with E-state index < -0.39 is 5.97 Å². The summed E-state index contributed by atoms with van der Waals surface area (Å²) in [5, 5.41) is 5.36. The van der Waals surface area contributed by atoms with Gasteiger partial charge in [0.15, 0.2) is 5.16 Å². The van der Waals surface area contributed by atoms with E-state index in [-0.39, 0.29) is 22.8 Å². The molecule has 0 fully saturated rings. The summed E-state index contributed by atoms with van der Waals surface area (Å²) in [6.45, 7) is 0. The highest BCUT2D eigenvalue weighted by Gasteiger charge is 2.14. The lowest BCUT2D eigenvalue weighted by molar-refractivity contribution is -0.113. The Hall–Kier alpha value is -2.65. The van der Waals surface area contributed by atoms with E-state index >= 15 is 0 Å². The molecule has 1 amide bonds. The van der Waals surface area contributed by atoms with Crippen molar-refractivity contribution < 1.29 is 14.3 Å². The number of aromatic nitrogens is 2. The number of hydrogen-bond acceptors (Lipinski definition) is 7. The molecular formula is C16H13N3O4S2. The number of rotatable bonds is 5. The second-order valence-corrected chi connectivity index (χ2v) is 6.74. The van der Waals surface area contributed by atoms with E-state index in [1.165, 1.54) is 18.4 Å². The number of hydrogen-bond donors (Lipinski definition) is 2. The highest BCUT2D eigenvalue weighted by atomic mass is 32.2. The summed E-state index contributed by atoms with van der Waals surface area (Å²) in [5.41, 5.74) is 0.412. The first-order chi connectivity index (χ1) is 12.1. The van der Waals surface area contributed by atoms with Gasteiger partial charge in [-0.2, -0.15) is 0 Å². The summed E-state index contributed by atoms with van der Waals surface area (Å²) in [6.07, 6.45) is 0. The van der Waals surface area contributed by atoms with Crippen LogP contribution >= 0.6 is 23.1 Å². The van der Waals surface area contributed by atoms with Crippen molar-refractivity contribution >= 4 is 50.9 Å². The summed E-state index contributed by atoms with van der Waals surface area (Å²) >= 11 is 2.48. The van der Waals surface area contributed by atoms with Crippen LogP contribution in [0.15, 0.2) is 45.7 Å². The fourth-order valence-corrected chi connectivity index (χ4v) is 3.60. The second-order valence-electron chi connectivity index (χ2n) is 4.88. The number of benzene rings is 1. The van der Waals surface area contributed by atoms with Crippen molar-refractivity contribution in [3.05, 3.63) is 51.6 Å². The molecule has 0 saturated heterocycles. The Labute approximate surface area is 150 Å². The second kappa shape index (κ2) is 7.49. The Kier molecular flexibility index (Phi) is 5.15. The number of thiophene rings is 1. The van der Waals surface area contributed by atoms with Crippen molar-refractivity contribution in [1.29, 1.82) is 0 Å². The number of fused-ring (bicyclic) bond motifs is 1. The lowest BCUT2D eigenvalue weighted by Crippen LogP contribution is -2.17. The van der Waals surface area contributed by atoms with E-state index in [0.29, 0.717) is 21.1 Å². The van der Waals surface area contributed by atoms with E-state index in [9.17, 15) is 14.4 Å². The Morgan fingerprint density at radius 3 is 2.92 bits per heavy atom. The molecule has 0 radical (unpaired) electrons. The summed E-state index contributed by atoms with van der Waals surface area (Å²) < 4.78 is 4.69. The van der Waals surface area contributed by atoms with Gasteiger partial charge in [-0.3, -0.25) is 9.59 Å². The molecule has 2 heterocycles. The van der Waals surface area contributed by atoms with Gasteiger partial charge in [-0.15, -0.1) is 11.3 Å². The number of para-hydroxylation sites is 1. The molecule has 7 nitrogen and oxygen atoms in total. The number of aromatic amines is 1. The maximum absolute atomic E-state index is 12.1. The van der Waals surface area contributed by atoms with Gasteiger partial charge in [0.1, 0.15) is 4.83 Å². The van der Waals surface area contributed by atoms with Crippen LogP contribution < -0.4 is 10.9 Å². The van der Waals surface area contributed by atoms with Gasteiger partial charge < -0.3 is 15.0 Å². The van der Waals surface area contributed by atoms with Gasteiger partial charge in [-0.1, -0.05) is 23.9 Å². The molecule has 1 aromatic carbocycles. The first kappa shape index (κ1) is 17.2. The third kappa shape index (κ3) is 3.89. The quantitative estimate of drug-likeness (QED) is 0.404. The van der Waals surface area contributed by atoms with Gasteiger partial charge in [-0.25, -0.2) is 9.78 Å². The predicted octanol–water partition coefficient (Wildman–Crippen LogP) is 2.50. The topological polar surface area (TPSA) is 101 Å². The minimum atomic E-state index is -0.530. The molecule has 0 atom stereocenters. The molecule has 2 N–H and O–H groups in total. The monoisotopic (exact) mass is 375 g/mol. The zero-order valence-electron chi connectivity index (χ0n) is 13.1. The fraction of sp³-hybridized carbons (Fsp3) is 0.125. The van der Waals surface area contributed by atoms with Gasteiger partial charge in [0.25, 0.3) is 5.56 Å². The molecule has 0 aliphatic rings. The van der Waals surface area contributed by atoms with Crippen LogP contribution in [0.25, 0.3) is 10.2 Å². The summed E-state index contributed by atoms with van der Waals surface area (Å²) in [5.74, 6) is -0.817. The van der Waals surface area contributed by atoms with Crippen LogP contribution in [0.3, 0.4) is 0 Å². The molecule has 0 bridgehead atoms. The molecule has 0 aliphatic heterocycles. The van der Waals surface area contributed by atoms with Gasteiger partial charge in [-0.05, 0) is 23.6 Å². The number of ether oxygens (including phenoxy) is 1. The lowest BCUT2D eigenvalue weighted by Gasteiger charge is -2.09. The Morgan fingerprint density at radius 2 is 2.12 bits per heavy atom. The minimum Gasteiger partial charge on any atom is -0.465 e. The zero-order valence-corrected chi connectivity index (χ0v) is 14.7. The fourth-order valence-electron chi connectivity index (χ4n) is 2.11. The van der Waals surface area contributed by atoms with Crippen molar-refractivity contribution in [2.45, 2.75) is 5.16 Å². The molecule has 2 aromatic heterocycles. The molecule has 3 aromatic rings. The van der Waals surface area contributed by atoms with Crippen LogP contribution in [0.5, 0.6) is 0 Å². The van der Waals surface area contributed by atoms with Crippen molar-refractivity contribution in [3.63, 3.8) is 0 Å². The van der Waals surface area contributed by atoms with E-state index in [2.05, 4.69) is 15.3 Å². The Bertz CT molecular complexity index is 996. The number of anilines is 1. The van der Waals surface area contributed by atoms with Crippen molar-refractivity contribution in [2.75, 3.05) is 18.2 Å². The molecule has 25 heavy (non-hydrogen) atoms. The number of carbonyl (C=O) groups excluding carboxylic acids is 2. The first-order valence-electron chi connectivity index (χ1n) is 7.16. The average molecular weight is 375 g/mol. The lowest BCUT2D eigenvalue weighted by atomic mass is 10.2. The summed E-state index contributed by atoms with van der Waals surface area (Å²) in [6, 6.07) is 8.28. The van der Waals surface area contributed by atoms with Crippen LogP contribution in [-0.2, 0) is 9.53 Å². The number of esters is 1. The summed E-state index contributed by atoms with van der Waals surface area (Å²) in [4.78, 5) is 43.3. The molecule has 0 aliphatic carbocycles. The van der Waals surface area contributed by atoms with E-state index in [1.54, 1.807) is 35.7 Å². The van der Waals surface area contributed by atoms with Crippen molar-refractivity contribution in [2.24, 2.45) is 0 Å². The number of carbonyl (C=O) groups is 2. The normalized spacial score (nSPS) is 10.6. The maximum atomic E-state index is 12.1. The van der Waals surface area contributed by atoms with Crippen molar-refractivity contribution in [1.82, 2.24) is 9.97 Å². The van der Waals surface area contributed by atoms with Crippen LogP contribution in [0.2, 0.25) is 0 Å². The van der Waals surface area contributed by atoms with Crippen LogP contribution in [0, 0.1) is 0 Å². The predicted molar refractivity (Wildman–Crippen MR) is 97.4 cm³/mol. The largest absolute Gasteiger partial charge is 0.465 e. The van der Waals surface area contributed by atoms with Crippen LogP contribution in [0.4, 0.5) is 5.69 Å². The Balaban J connectivity index is 1.69. The standard InChI is InChI=1S/C16H13N3O4S2/c1-23-15(22)9-4-2-3-5-11(9)17-12(20)8-25-16-18-13(21)10-6-7-24-14(10)19-16/h2-7H,8H2,1H3,(H,17,20)(H,18,19,21). The van der Waals surface area contributed by atoms with E-state index in [0.717, 1.165) is 11.8 Å². The van der Waals surface area contributed by atoms with Gasteiger partial charge in [0.2, 0.25) is 5.91 Å². The molecule has 9 heteroatoms. The zero-order chi connectivity index (χ0) is 17.8. The third-order valence-electron chi connectivity index (χ3n) is 3.26. The Morgan fingerprint density at radius 1 is 1.32 bits per heavy atom. The molecule has 0 unspecified atom stereocenters. The van der Waals surface area contributed by atoms with E-state index in [1.807, 2.05) is 0 Å².